The minimum absolute atomic E-state index is 0. The maximum absolute atomic E-state index is 11.7. The molecular formula is C44H51BiIrNO2-. The van der Waals surface area contributed by atoms with Gasteiger partial charge in [0, 0.05) is 38.0 Å². The molecule has 0 fully saturated rings. The number of allylic oxidation sites excluding steroid dienone is 2. The fourth-order valence-corrected chi connectivity index (χ4v) is 15.5. The van der Waals surface area contributed by atoms with Crippen LogP contribution < -0.4 is 9.81 Å². The van der Waals surface area contributed by atoms with Crippen LogP contribution >= 0.6 is 0 Å². The van der Waals surface area contributed by atoms with Gasteiger partial charge in [0.1, 0.15) is 0 Å². The Morgan fingerprint density at radius 3 is 1.88 bits per heavy atom. The van der Waals surface area contributed by atoms with Gasteiger partial charge in [0.25, 0.3) is 0 Å². The van der Waals surface area contributed by atoms with Crippen molar-refractivity contribution in [3.63, 3.8) is 0 Å². The van der Waals surface area contributed by atoms with Crippen LogP contribution in [0.2, 0.25) is 0 Å². The zero-order chi connectivity index (χ0) is 34.6. The average molecular weight is 1030 g/mol. The first kappa shape index (κ1) is 40.5. The number of hydrogen-bond donors (Lipinski definition) is 1. The van der Waals surface area contributed by atoms with E-state index in [1.54, 1.807) is 0 Å². The first-order chi connectivity index (χ1) is 23.2. The molecule has 0 aliphatic rings. The van der Waals surface area contributed by atoms with Crippen molar-refractivity contribution >= 4 is 48.1 Å². The van der Waals surface area contributed by atoms with Crippen LogP contribution in [0.15, 0.2) is 115 Å². The molecular weight excluding hydrogens is 976 g/mol. The van der Waals surface area contributed by atoms with E-state index in [1.165, 1.54) is 37.8 Å². The van der Waals surface area contributed by atoms with Crippen molar-refractivity contribution in [2.75, 3.05) is 0 Å². The fraction of sp³-hybridized carbons (Fsp3) is 0.318. The molecule has 0 saturated heterocycles. The van der Waals surface area contributed by atoms with Crippen LogP contribution in [0.1, 0.15) is 84.3 Å². The van der Waals surface area contributed by atoms with Crippen LogP contribution in [0.3, 0.4) is 0 Å². The Labute approximate surface area is 316 Å². The molecule has 4 aromatic carbocycles. The molecule has 1 N–H and O–H groups in total. The van der Waals surface area contributed by atoms with Crippen LogP contribution in [0.4, 0.5) is 0 Å². The number of nitrogens with zero attached hydrogens (tertiary/aromatic N) is 1. The molecule has 5 rings (SSSR count). The van der Waals surface area contributed by atoms with Crippen molar-refractivity contribution in [3.05, 3.63) is 132 Å². The topological polar surface area (TPSA) is 50.2 Å². The summed E-state index contributed by atoms with van der Waals surface area (Å²) in [5, 5.41) is 12.2. The molecule has 0 amide bonds. The number of aliphatic hydroxyl groups excluding tert-OH is 1. The molecule has 0 aliphatic heterocycles. The van der Waals surface area contributed by atoms with E-state index in [4.69, 9.17) is 4.98 Å². The third-order valence-corrected chi connectivity index (χ3v) is 18.4. The Morgan fingerprint density at radius 2 is 1.35 bits per heavy atom. The minimum atomic E-state index is -2.45. The third-order valence-electron chi connectivity index (χ3n) is 9.07. The molecule has 0 atom stereocenters. The molecule has 0 aliphatic carbocycles. The van der Waals surface area contributed by atoms with Crippen molar-refractivity contribution in [1.82, 2.24) is 4.98 Å². The molecule has 3 nitrogen and oxygen atoms in total. The summed E-state index contributed by atoms with van der Waals surface area (Å²) in [7, 11) is 0. The number of pyridine rings is 1. The largest absolute Gasteiger partial charge is 0 e. The van der Waals surface area contributed by atoms with E-state index in [1.807, 2.05) is 33.9 Å². The van der Waals surface area contributed by atoms with Crippen molar-refractivity contribution in [3.8, 4) is 11.3 Å². The molecule has 0 unspecified atom stereocenters. The van der Waals surface area contributed by atoms with Gasteiger partial charge < -0.3 is 5.11 Å². The number of benzene rings is 4. The Bertz CT molecular complexity index is 1760. The van der Waals surface area contributed by atoms with E-state index in [0.29, 0.717) is 5.92 Å². The molecule has 0 bridgehead atoms. The molecule has 49 heavy (non-hydrogen) atoms. The molecule has 1 aromatic heterocycles. The summed E-state index contributed by atoms with van der Waals surface area (Å²) in [5.74, 6) is 1.06. The Hall–Kier alpha value is -2.97. The average Bonchev–Trinajstić information content (AvgIpc) is 3.10. The van der Waals surface area contributed by atoms with Gasteiger partial charge in [-0.2, -0.15) is 0 Å². The van der Waals surface area contributed by atoms with Gasteiger partial charge in [-0.15, -0.1) is 0 Å². The van der Waals surface area contributed by atoms with Gasteiger partial charge >= 0.3 is 206 Å². The minimum Gasteiger partial charge on any atom is 0 e. The van der Waals surface area contributed by atoms with Gasteiger partial charge in [-0.3, -0.25) is 4.79 Å². The molecule has 0 spiro atoms. The quantitative estimate of drug-likeness (QED) is 0.0587. The SMILES string of the molecule is CCC(CC)C(=O)/C=C(\O)C(CC)CC.Cc1[c-]c(-c2nccc3cc(C(C)C)ccc23)c[c]([Bi]([c]2ccccc2)[c]2ccccc2)c1.[Ir]. The number of aliphatic hydroxyl groups is 1. The number of fused-ring (bicyclic) bond motifs is 1. The van der Waals surface area contributed by atoms with Gasteiger partial charge in [0.15, 0.2) is 5.78 Å². The second-order valence-corrected chi connectivity index (χ2v) is 21.4. The second kappa shape index (κ2) is 20.0. The van der Waals surface area contributed by atoms with Crippen LogP contribution in [0, 0.1) is 24.8 Å². The number of carbonyl (C=O) groups is 1. The van der Waals surface area contributed by atoms with Crippen molar-refractivity contribution in [2.24, 2.45) is 11.8 Å². The summed E-state index contributed by atoms with van der Waals surface area (Å²) >= 11 is -2.45. The van der Waals surface area contributed by atoms with E-state index >= 15 is 0 Å². The smallest absolute Gasteiger partial charge is 0 e. The summed E-state index contributed by atoms with van der Waals surface area (Å²) in [6, 6.07) is 39.4. The third kappa shape index (κ3) is 10.8. The van der Waals surface area contributed by atoms with Gasteiger partial charge in [-0.1, -0.05) is 27.7 Å². The molecule has 1 radical (unpaired) electrons. The molecule has 259 valence electrons. The normalized spacial score (nSPS) is 11.5. The standard InChI is InChI=1S/C19H17N.C13H24O2.2C6H5.Bi.Ir/c1-13(2)15-7-8-18-16(12-15)9-10-20-19(18)17-6-4-5-14(3)11-17;1-5-10(6-2)12(14)9-13(15)11(7-3)8-4;2*1-2-4-6-5-3-1;;/h5-10,12-13H,1-3H3;9-11,14H,5-8H2,1-4H3;2*1-5H;;/q-1;;;;;/b;12-9-;;;;. The summed E-state index contributed by atoms with van der Waals surface area (Å²) in [4.78, 5) is 16.5. The Kier molecular flexibility index (Phi) is 16.5. The number of aryl methyl sites for hydroxylation is 1. The number of rotatable bonds is 12. The summed E-state index contributed by atoms with van der Waals surface area (Å²) in [6.45, 7) is 14.7. The predicted octanol–water partition coefficient (Wildman–Crippen LogP) is 9.52. The monoisotopic (exact) mass is 1030 g/mol. The van der Waals surface area contributed by atoms with Crippen LogP contribution in [0.5, 0.6) is 0 Å². The Morgan fingerprint density at radius 1 is 0.776 bits per heavy atom. The van der Waals surface area contributed by atoms with Crippen LogP contribution in [-0.4, -0.2) is 37.6 Å². The van der Waals surface area contributed by atoms with E-state index < -0.39 is 21.8 Å². The summed E-state index contributed by atoms with van der Waals surface area (Å²) in [6.07, 6.45) is 6.84. The zero-order valence-corrected chi connectivity index (χ0v) is 35.9. The molecule has 5 heteroatoms. The first-order valence-electron chi connectivity index (χ1n) is 17.5. The van der Waals surface area contributed by atoms with Crippen molar-refractivity contribution < 1.29 is 30.0 Å². The van der Waals surface area contributed by atoms with Crippen LogP contribution in [0.25, 0.3) is 22.0 Å². The van der Waals surface area contributed by atoms with Gasteiger partial charge in [0.05, 0.1) is 5.76 Å². The predicted molar refractivity (Wildman–Crippen MR) is 206 cm³/mol. The van der Waals surface area contributed by atoms with E-state index in [9.17, 15) is 9.90 Å². The maximum atomic E-state index is 11.7. The zero-order valence-electron chi connectivity index (χ0n) is 30.0. The fourth-order valence-electron chi connectivity index (χ4n) is 6.10. The summed E-state index contributed by atoms with van der Waals surface area (Å²) < 4.78 is 4.44. The number of aromatic nitrogens is 1. The first-order valence-corrected chi connectivity index (χ1v) is 22.7. The van der Waals surface area contributed by atoms with Gasteiger partial charge in [-0.05, 0) is 25.7 Å². The van der Waals surface area contributed by atoms with E-state index in [0.717, 1.165) is 36.9 Å². The maximum Gasteiger partial charge on any atom is 0 e. The second-order valence-electron chi connectivity index (χ2n) is 12.7. The number of hydrogen-bond acceptors (Lipinski definition) is 3. The van der Waals surface area contributed by atoms with Crippen molar-refractivity contribution in [1.29, 1.82) is 0 Å². The molecule has 5 aromatic rings. The van der Waals surface area contributed by atoms with Crippen molar-refractivity contribution in [2.45, 2.75) is 80.1 Å². The number of ketones is 1. The summed E-state index contributed by atoms with van der Waals surface area (Å²) in [5.41, 5.74) is 4.65. The molecule has 0 saturated carbocycles. The van der Waals surface area contributed by atoms with E-state index in [2.05, 4.69) is 124 Å². The van der Waals surface area contributed by atoms with Gasteiger partial charge in [-0.25, -0.2) is 0 Å². The number of carbonyl (C=O) groups excluding carboxylic acids is 1. The van der Waals surface area contributed by atoms with Crippen LogP contribution in [-0.2, 0) is 24.9 Å². The van der Waals surface area contributed by atoms with Gasteiger partial charge in [0.2, 0.25) is 0 Å². The molecule has 1 heterocycles. The van der Waals surface area contributed by atoms with E-state index in [-0.39, 0.29) is 43.5 Å². The Balaban J connectivity index is 0.000000347.